The maximum Gasteiger partial charge on any atom is 0.345 e. The van der Waals surface area contributed by atoms with Crippen molar-refractivity contribution < 1.29 is 19.4 Å². The second-order valence-corrected chi connectivity index (χ2v) is 4.79. The van der Waals surface area contributed by atoms with E-state index in [-0.39, 0.29) is 24.7 Å². The van der Waals surface area contributed by atoms with Crippen molar-refractivity contribution in [2.75, 3.05) is 30.9 Å². The SMILES string of the molecule is C.CC.COc1ncnc(Nc2cnc3c(c2C)NCCO3)c1C(=O)O. The number of fused-ring (bicyclic) bond motifs is 1. The Morgan fingerprint density at radius 1 is 1.35 bits per heavy atom. The van der Waals surface area contributed by atoms with E-state index in [0.29, 0.717) is 24.7 Å². The molecule has 0 spiro atoms. The quantitative estimate of drug-likeness (QED) is 0.752. The zero-order valence-electron chi connectivity index (χ0n) is 14.6. The molecule has 0 atom stereocenters. The van der Waals surface area contributed by atoms with Crippen LogP contribution in [0.3, 0.4) is 0 Å². The first kappa shape index (κ1) is 20.9. The summed E-state index contributed by atoms with van der Waals surface area (Å²) >= 11 is 0. The summed E-state index contributed by atoms with van der Waals surface area (Å²) in [5, 5.41) is 15.6. The molecule has 3 rings (SSSR count). The van der Waals surface area contributed by atoms with E-state index in [1.165, 1.54) is 13.4 Å². The highest BCUT2D eigenvalue weighted by atomic mass is 16.5. The Kier molecular flexibility index (Phi) is 7.57. The molecule has 0 radical (unpaired) electrons. The zero-order chi connectivity index (χ0) is 18.4. The minimum atomic E-state index is -1.19. The van der Waals surface area contributed by atoms with Gasteiger partial charge in [0.1, 0.15) is 18.6 Å². The smallest absolute Gasteiger partial charge is 0.345 e. The number of rotatable bonds is 4. The summed E-state index contributed by atoms with van der Waals surface area (Å²) in [5.41, 5.74) is 2.10. The van der Waals surface area contributed by atoms with Crippen LogP contribution in [0.4, 0.5) is 17.2 Å². The lowest BCUT2D eigenvalue weighted by atomic mass is 10.2. The molecule has 0 aliphatic carbocycles. The van der Waals surface area contributed by atoms with Crippen LogP contribution in [0.15, 0.2) is 12.5 Å². The van der Waals surface area contributed by atoms with Crippen LogP contribution in [0.2, 0.25) is 0 Å². The Bertz CT molecular complexity index is 767. The van der Waals surface area contributed by atoms with Gasteiger partial charge < -0.3 is 25.2 Å². The number of pyridine rings is 1. The molecule has 2 aromatic rings. The van der Waals surface area contributed by atoms with E-state index in [4.69, 9.17) is 9.47 Å². The van der Waals surface area contributed by atoms with Crippen LogP contribution in [0.25, 0.3) is 0 Å². The zero-order valence-corrected chi connectivity index (χ0v) is 14.6. The highest BCUT2D eigenvalue weighted by Gasteiger charge is 2.22. The third kappa shape index (κ3) is 4.11. The van der Waals surface area contributed by atoms with Crippen molar-refractivity contribution in [3.05, 3.63) is 23.7 Å². The van der Waals surface area contributed by atoms with Crippen LogP contribution in [-0.2, 0) is 0 Å². The Hall–Kier alpha value is -3.10. The number of carbonyl (C=O) groups is 1. The number of aromatic nitrogens is 3. The minimum absolute atomic E-state index is 0. The monoisotopic (exact) mass is 363 g/mol. The van der Waals surface area contributed by atoms with Crippen molar-refractivity contribution in [2.24, 2.45) is 0 Å². The minimum Gasteiger partial charge on any atom is -0.480 e. The Morgan fingerprint density at radius 3 is 2.73 bits per heavy atom. The van der Waals surface area contributed by atoms with Gasteiger partial charge in [-0.25, -0.2) is 19.7 Å². The standard InChI is InChI=1S/C14H15N5O4.C2H6.CH4/c1-7-8(5-16-13-10(7)15-3-4-23-13)19-11-9(14(20)21)12(22-2)18-6-17-11;1-2;/h5-6,15H,3-4H2,1-2H3,(H,20,21)(H,17,18,19);1-2H3;1H4. The van der Waals surface area contributed by atoms with Crippen LogP contribution in [0.1, 0.15) is 37.2 Å². The lowest BCUT2D eigenvalue weighted by Crippen LogP contribution is -2.20. The van der Waals surface area contributed by atoms with Crippen molar-refractivity contribution in [1.82, 2.24) is 15.0 Å². The van der Waals surface area contributed by atoms with Crippen LogP contribution in [-0.4, -0.2) is 46.3 Å². The molecule has 142 valence electrons. The molecule has 3 heterocycles. The van der Waals surface area contributed by atoms with Crippen molar-refractivity contribution in [3.8, 4) is 11.8 Å². The average Bonchev–Trinajstić information content (AvgIpc) is 2.65. The molecule has 26 heavy (non-hydrogen) atoms. The second-order valence-electron chi connectivity index (χ2n) is 4.79. The molecule has 0 bridgehead atoms. The van der Waals surface area contributed by atoms with Gasteiger partial charge in [0.15, 0.2) is 11.4 Å². The van der Waals surface area contributed by atoms with Gasteiger partial charge in [0.2, 0.25) is 11.8 Å². The van der Waals surface area contributed by atoms with Gasteiger partial charge in [0, 0.05) is 12.1 Å². The number of hydrogen-bond acceptors (Lipinski definition) is 8. The fourth-order valence-electron chi connectivity index (χ4n) is 2.29. The Labute approximate surface area is 152 Å². The molecule has 9 nitrogen and oxygen atoms in total. The van der Waals surface area contributed by atoms with Crippen LogP contribution in [0, 0.1) is 6.92 Å². The predicted molar refractivity (Wildman–Crippen MR) is 99.9 cm³/mol. The summed E-state index contributed by atoms with van der Waals surface area (Å²) in [7, 11) is 1.35. The van der Waals surface area contributed by atoms with E-state index >= 15 is 0 Å². The number of nitrogens with one attached hydrogen (secondary N) is 2. The highest BCUT2D eigenvalue weighted by Crippen LogP contribution is 2.34. The molecule has 0 unspecified atom stereocenters. The van der Waals surface area contributed by atoms with Crippen molar-refractivity contribution in [2.45, 2.75) is 28.2 Å². The Morgan fingerprint density at radius 2 is 2.08 bits per heavy atom. The van der Waals surface area contributed by atoms with Crippen LogP contribution >= 0.6 is 0 Å². The lowest BCUT2D eigenvalue weighted by Gasteiger charge is -2.21. The molecule has 9 heteroatoms. The summed E-state index contributed by atoms with van der Waals surface area (Å²) in [6.07, 6.45) is 2.80. The number of ether oxygens (including phenoxy) is 2. The number of carboxylic acid groups (broad SMARTS) is 1. The molecule has 0 aromatic carbocycles. The average molecular weight is 363 g/mol. The number of carboxylic acids is 1. The Balaban J connectivity index is 0.00000109. The molecule has 0 amide bonds. The van der Waals surface area contributed by atoms with E-state index in [1.807, 2.05) is 20.8 Å². The first-order valence-corrected chi connectivity index (χ1v) is 7.87. The van der Waals surface area contributed by atoms with Crippen molar-refractivity contribution >= 4 is 23.2 Å². The van der Waals surface area contributed by atoms with Gasteiger partial charge in [0.25, 0.3) is 0 Å². The lowest BCUT2D eigenvalue weighted by molar-refractivity contribution is 0.0693. The van der Waals surface area contributed by atoms with Gasteiger partial charge in [-0.2, -0.15) is 0 Å². The maximum absolute atomic E-state index is 11.5. The summed E-state index contributed by atoms with van der Waals surface area (Å²) in [4.78, 5) is 23.5. The fraction of sp³-hybridized carbons (Fsp3) is 0.412. The summed E-state index contributed by atoms with van der Waals surface area (Å²) in [6, 6.07) is 0. The van der Waals surface area contributed by atoms with E-state index in [1.54, 1.807) is 6.20 Å². The normalized spacial score (nSPS) is 11.4. The second kappa shape index (κ2) is 9.40. The number of aromatic carboxylic acids is 1. The number of anilines is 3. The molecular weight excluding hydrogens is 338 g/mol. The number of hydrogen-bond donors (Lipinski definition) is 3. The molecular formula is C17H25N5O4. The highest BCUT2D eigenvalue weighted by molar-refractivity contribution is 5.96. The summed E-state index contributed by atoms with van der Waals surface area (Å²) in [6.45, 7) is 7.11. The van der Waals surface area contributed by atoms with E-state index < -0.39 is 5.97 Å². The van der Waals surface area contributed by atoms with Gasteiger partial charge >= 0.3 is 5.97 Å². The van der Waals surface area contributed by atoms with E-state index in [9.17, 15) is 9.90 Å². The molecule has 0 fully saturated rings. The van der Waals surface area contributed by atoms with Crippen LogP contribution < -0.4 is 20.1 Å². The van der Waals surface area contributed by atoms with Gasteiger partial charge in [-0.1, -0.05) is 21.3 Å². The molecule has 1 aliphatic heterocycles. The molecule has 0 saturated heterocycles. The topological polar surface area (TPSA) is 118 Å². The molecule has 0 saturated carbocycles. The number of methoxy groups -OCH3 is 1. The van der Waals surface area contributed by atoms with Gasteiger partial charge in [-0.15, -0.1) is 0 Å². The molecule has 1 aliphatic rings. The maximum atomic E-state index is 11.5. The predicted octanol–water partition coefficient (Wildman–Crippen LogP) is 3.10. The summed E-state index contributed by atoms with van der Waals surface area (Å²) < 4.78 is 10.5. The number of nitrogens with zero attached hydrogens (tertiary/aromatic N) is 3. The molecule has 2 aromatic heterocycles. The third-order valence-electron chi connectivity index (χ3n) is 3.42. The first-order chi connectivity index (χ1) is 12.1. The van der Waals surface area contributed by atoms with Crippen molar-refractivity contribution in [3.63, 3.8) is 0 Å². The van der Waals surface area contributed by atoms with Gasteiger partial charge in [0.05, 0.1) is 19.0 Å². The van der Waals surface area contributed by atoms with Crippen molar-refractivity contribution in [1.29, 1.82) is 0 Å². The molecule has 3 N–H and O–H groups in total. The third-order valence-corrected chi connectivity index (χ3v) is 3.42. The fourth-order valence-corrected chi connectivity index (χ4v) is 2.29. The summed E-state index contributed by atoms with van der Waals surface area (Å²) in [5.74, 6) is -0.543. The first-order valence-electron chi connectivity index (χ1n) is 7.87. The van der Waals surface area contributed by atoms with E-state index in [2.05, 4.69) is 25.6 Å². The van der Waals surface area contributed by atoms with Gasteiger partial charge in [-0.05, 0) is 6.92 Å². The van der Waals surface area contributed by atoms with Gasteiger partial charge in [-0.3, -0.25) is 0 Å². The van der Waals surface area contributed by atoms with Crippen LogP contribution in [0.5, 0.6) is 11.8 Å². The largest absolute Gasteiger partial charge is 0.480 e. The van der Waals surface area contributed by atoms with E-state index in [0.717, 1.165) is 11.3 Å².